The first kappa shape index (κ1) is 7.17. The number of hydrogen-bond donors (Lipinski definition) is 0. The normalized spacial score (nSPS) is 28.9. The molecule has 2 nitrogen and oxygen atoms in total. The molecule has 0 aromatic carbocycles. The Morgan fingerprint density at radius 3 is 2.36 bits per heavy atom. The van der Waals surface area contributed by atoms with Gasteiger partial charge in [0.05, 0.1) is 6.42 Å². The summed E-state index contributed by atoms with van der Waals surface area (Å²) in [5.41, 5.74) is 0. The van der Waals surface area contributed by atoms with Gasteiger partial charge in [-0.25, -0.2) is 0 Å². The maximum absolute atomic E-state index is 5.73. The molecule has 2 fully saturated rings. The highest BCUT2D eigenvalue weighted by atomic mass is 16.7. The Kier molecular flexibility index (Phi) is 1.64. The van der Waals surface area contributed by atoms with E-state index in [1.165, 1.54) is 38.9 Å². The molecule has 0 N–H and O–H groups in total. The second kappa shape index (κ2) is 2.52. The zero-order valence-corrected chi connectivity index (χ0v) is 7.01. The van der Waals surface area contributed by atoms with Gasteiger partial charge in [0.25, 0.3) is 0 Å². The van der Waals surface area contributed by atoms with Crippen LogP contribution in [0.25, 0.3) is 0 Å². The van der Waals surface area contributed by atoms with Crippen molar-refractivity contribution in [2.75, 3.05) is 19.6 Å². The van der Waals surface area contributed by atoms with Gasteiger partial charge in [0.1, 0.15) is 19.6 Å². The van der Waals surface area contributed by atoms with E-state index < -0.39 is 0 Å². The molecule has 0 saturated carbocycles. The minimum atomic E-state index is 0.888. The molecule has 2 rings (SSSR count). The Balaban J connectivity index is 2.03. The first-order chi connectivity index (χ1) is 5.31. The third-order valence-corrected chi connectivity index (χ3v) is 2.75. The molecule has 1 spiro atoms. The molecule has 2 heterocycles. The molecule has 2 saturated heterocycles. The van der Waals surface area contributed by atoms with Crippen LogP contribution in [0.1, 0.15) is 25.7 Å². The van der Waals surface area contributed by atoms with Crippen LogP contribution in [0.3, 0.4) is 0 Å². The van der Waals surface area contributed by atoms with Crippen molar-refractivity contribution in [3.05, 3.63) is 12.3 Å². The maximum atomic E-state index is 5.73. The number of piperidine rings is 1. The van der Waals surface area contributed by atoms with Crippen molar-refractivity contribution >= 4 is 0 Å². The SMILES string of the molecule is C=C1CC[N+]2(CCCCC2)O1. The Labute approximate surface area is 68.0 Å². The highest BCUT2D eigenvalue weighted by molar-refractivity contribution is 4.83. The fourth-order valence-electron chi connectivity index (χ4n) is 2.10. The van der Waals surface area contributed by atoms with Crippen LogP contribution in [0.2, 0.25) is 0 Å². The summed E-state index contributed by atoms with van der Waals surface area (Å²) in [4.78, 5) is 5.73. The van der Waals surface area contributed by atoms with Crippen molar-refractivity contribution in [3.8, 4) is 0 Å². The van der Waals surface area contributed by atoms with Crippen LogP contribution in [0, 0.1) is 0 Å². The monoisotopic (exact) mass is 154 g/mol. The van der Waals surface area contributed by atoms with E-state index in [0.717, 1.165) is 16.8 Å². The predicted octanol–water partition coefficient (Wildman–Crippen LogP) is 1.84. The van der Waals surface area contributed by atoms with Crippen LogP contribution in [-0.2, 0) is 4.84 Å². The predicted molar refractivity (Wildman–Crippen MR) is 43.6 cm³/mol. The molecule has 0 bridgehead atoms. The molecule has 0 amide bonds. The minimum absolute atomic E-state index is 0.888. The molecule has 0 aliphatic carbocycles. The molecule has 0 radical (unpaired) electrons. The lowest BCUT2D eigenvalue weighted by atomic mass is 10.1. The van der Waals surface area contributed by atoms with E-state index in [1.54, 1.807) is 0 Å². The largest absolute Gasteiger partial charge is 0.320 e. The van der Waals surface area contributed by atoms with Gasteiger partial charge in [-0.1, -0.05) is 6.58 Å². The van der Waals surface area contributed by atoms with E-state index in [2.05, 4.69) is 6.58 Å². The number of quaternary nitrogens is 1. The van der Waals surface area contributed by atoms with Crippen LogP contribution >= 0.6 is 0 Å². The van der Waals surface area contributed by atoms with E-state index in [-0.39, 0.29) is 0 Å². The molecule has 0 aromatic heterocycles. The van der Waals surface area contributed by atoms with E-state index in [9.17, 15) is 0 Å². The maximum Gasteiger partial charge on any atom is 0.165 e. The summed E-state index contributed by atoms with van der Waals surface area (Å²) < 4.78 is 0.888. The van der Waals surface area contributed by atoms with Gasteiger partial charge < -0.3 is 4.84 Å². The van der Waals surface area contributed by atoms with Crippen molar-refractivity contribution in [1.29, 1.82) is 0 Å². The lowest BCUT2D eigenvalue weighted by Gasteiger charge is -2.33. The Hall–Kier alpha value is -0.500. The van der Waals surface area contributed by atoms with Gasteiger partial charge in [0.2, 0.25) is 0 Å². The molecule has 2 heteroatoms. The topological polar surface area (TPSA) is 9.23 Å². The number of rotatable bonds is 0. The third kappa shape index (κ3) is 1.27. The van der Waals surface area contributed by atoms with E-state index in [4.69, 9.17) is 4.84 Å². The highest BCUT2D eigenvalue weighted by Crippen LogP contribution is 2.29. The summed E-state index contributed by atoms with van der Waals surface area (Å²) in [6.45, 7) is 7.45. The van der Waals surface area contributed by atoms with Gasteiger partial charge in [-0.05, 0) is 6.42 Å². The van der Waals surface area contributed by atoms with E-state index in [1.807, 2.05) is 0 Å². The van der Waals surface area contributed by atoms with Gasteiger partial charge in [0.15, 0.2) is 5.76 Å². The number of hydrogen-bond acceptors (Lipinski definition) is 1. The smallest absolute Gasteiger partial charge is 0.165 e. The summed E-state index contributed by atoms with van der Waals surface area (Å²) in [5, 5.41) is 0. The number of nitrogens with zero attached hydrogens (tertiary/aromatic N) is 1. The van der Waals surface area contributed by atoms with Crippen molar-refractivity contribution in [1.82, 2.24) is 0 Å². The molecule has 0 aromatic rings. The summed E-state index contributed by atoms with van der Waals surface area (Å²) in [6, 6.07) is 0. The van der Waals surface area contributed by atoms with Gasteiger partial charge in [-0.15, -0.1) is 4.65 Å². The van der Waals surface area contributed by atoms with Crippen LogP contribution < -0.4 is 0 Å². The average Bonchev–Trinajstić information content (AvgIpc) is 2.34. The molecule has 2 aliphatic rings. The molecule has 0 unspecified atom stereocenters. The Morgan fingerprint density at radius 2 is 1.82 bits per heavy atom. The van der Waals surface area contributed by atoms with Crippen LogP contribution in [0.15, 0.2) is 12.3 Å². The fourth-order valence-corrected chi connectivity index (χ4v) is 2.10. The highest BCUT2D eigenvalue weighted by Gasteiger charge is 2.38. The second-order valence-corrected chi connectivity index (χ2v) is 3.67. The van der Waals surface area contributed by atoms with Crippen molar-refractivity contribution < 1.29 is 9.48 Å². The summed E-state index contributed by atoms with van der Waals surface area (Å²) >= 11 is 0. The Bertz CT molecular complexity index is 170. The Morgan fingerprint density at radius 1 is 1.09 bits per heavy atom. The summed E-state index contributed by atoms with van der Waals surface area (Å²) in [6.07, 6.45) is 5.11. The van der Waals surface area contributed by atoms with Crippen LogP contribution in [-0.4, -0.2) is 24.3 Å². The quantitative estimate of drug-likeness (QED) is 0.484. The van der Waals surface area contributed by atoms with Gasteiger partial charge in [-0.2, -0.15) is 0 Å². The summed E-state index contributed by atoms with van der Waals surface area (Å²) in [5.74, 6) is 0.993. The third-order valence-electron chi connectivity index (χ3n) is 2.75. The standard InChI is InChI=1S/C9H16NO/c1-9-5-8-10(11-9)6-3-2-4-7-10/h1-8H2/q+1. The fraction of sp³-hybridized carbons (Fsp3) is 0.778. The first-order valence-corrected chi connectivity index (χ1v) is 4.54. The van der Waals surface area contributed by atoms with Crippen LogP contribution in [0.4, 0.5) is 0 Å². The molecule has 11 heavy (non-hydrogen) atoms. The molecule has 2 aliphatic heterocycles. The lowest BCUT2D eigenvalue weighted by Crippen LogP contribution is -2.47. The first-order valence-electron chi connectivity index (χ1n) is 4.54. The average molecular weight is 154 g/mol. The van der Waals surface area contributed by atoms with Gasteiger partial charge >= 0.3 is 0 Å². The van der Waals surface area contributed by atoms with Crippen LogP contribution in [0.5, 0.6) is 0 Å². The molecule has 0 atom stereocenters. The number of hydroxylamine groups is 3. The van der Waals surface area contributed by atoms with Crippen molar-refractivity contribution in [2.24, 2.45) is 0 Å². The molecular formula is C9H16NO+. The van der Waals surface area contributed by atoms with E-state index in [0.29, 0.717) is 0 Å². The lowest BCUT2D eigenvalue weighted by molar-refractivity contribution is -1.09. The second-order valence-electron chi connectivity index (χ2n) is 3.67. The van der Waals surface area contributed by atoms with Crippen molar-refractivity contribution in [3.63, 3.8) is 0 Å². The molecule has 62 valence electrons. The minimum Gasteiger partial charge on any atom is -0.320 e. The van der Waals surface area contributed by atoms with Gasteiger partial charge in [-0.3, -0.25) is 0 Å². The van der Waals surface area contributed by atoms with Gasteiger partial charge in [0, 0.05) is 12.8 Å². The molecular weight excluding hydrogens is 138 g/mol. The van der Waals surface area contributed by atoms with E-state index >= 15 is 0 Å². The zero-order valence-electron chi connectivity index (χ0n) is 7.01. The summed E-state index contributed by atoms with van der Waals surface area (Å²) in [7, 11) is 0. The zero-order chi connectivity index (χ0) is 7.73. The van der Waals surface area contributed by atoms with Crippen molar-refractivity contribution in [2.45, 2.75) is 25.7 Å².